The van der Waals surface area contributed by atoms with E-state index in [0.29, 0.717) is 11.8 Å². The minimum absolute atomic E-state index is 0.142. The Labute approximate surface area is 132 Å². The van der Waals surface area contributed by atoms with Crippen molar-refractivity contribution in [1.82, 2.24) is 19.8 Å². The number of rotatable bonds is 5. The van der Waals surface area contributed by atoms with Gasteiger partial charge in [-0.1, -0.05) is 0 Å². The fourth-order valence-electron chi connectivity index (χ4n) is 3.30. The van der Waals surface area contributed by atoms with E-state index < -0.39 is 0 Å². The molecule has 120 valence electrons. The molecule has 2 fully saturated rings. The number of aromatic nitrogens is 2. The average Bonchev–Trinajstić information content (AvgIpc) is 3.13. The second kappa shape index (κ2) is 6.32. The van der Waals surface area contributed by atoms with Crippen molar-refractivity contribution in [2.75, 3.05) is 20.6 Å². The predicted molar refractivity (Wildman–Crippen MR) is 85.2 cm³/mol. The number of likely N-dealkylation sites (tertiary alicyclic amines) is 1. The van der Waals surface area contributed by atoms with Crippen LogP contribution in [0.4, 0.5) is 0 Å². The van der Waals surface area contributed by atoms with E-state index in [4.69, 9.17) is 4.98 Å². The summed E-state index contributed by atoms with van der Waals surface area (Å²) in [5, 5.41) is 0. The number of amides is 1. The topological polar surface area (TPSA) is 49.3 Å². The number of carbonyl (C=O) groups excluding carboxylic acids is 1. The van der Waals surface area contributed by atoms with Crippen molar-refractivity contribution in [1.29, 1.82) is 0 Å². The van der Waals surface area contributed by atoms with Crippen molar-refractivity contribution < 1.29 is 4.79 Å². The predicted octanol–water partition coefficient (Wildman–Crippen LogP) is 2.31. The summed E-state index contributed by atoms with van der Waals surface area (Å²) in [7, 11) is 4.10. The summed E-state index contributed by atoms with van der Waals surface area (Å²) in [4.78, 5) is 25.8. The lowest BCUT2D eigenvalue weighted by Gasteiger charge is -2.26. The molecular weight excluding hydrogens is 276 g/mol. The summed E-state index contributed by atoms with van der Waals surface area (Å²) >= 11 is 0. The Morgan fingerprint density at radius 2 is 2.14 bits per heavy atom. The summed E-state index contributed by atoms with van der Waals surface area (Å²) in [5.74, 6) is 1.75. The van der Waals surface area contributed by atoms with Crippen LogP contribution in [0.5, 0.6) is 0 Å². The number of aryl methyl sites for hydroxylation is 1. The molecule has 3 rings (SSSR count). The molecule has 0 N–H and O–H groups in total. The molecule has 0 radical (unpaired) electrons. The number of hydrogen-bond donors (Lipinski definition) is 0. The van der Waals surface area contributed by atoms with Crippen LogP contribution in [0.3, 0.4) is 0 Å². The molecule has 1 aliphatic carbocycles. The lowest BCUT2D eigenvalue weighted by molar-refractivity contribution is -0.132. The molecule has 1 aromatic heterocycles. The van der Waals surface area contributed by atoms with Crippen molar-refractivity contribution in [3.63, 3.8) is 0 Å². The molecule has 0 unspecified atom stereocenters. The fourth-order valence-corrected chi connectivity index (χ4v) is 3.30. The summed E-state index contributed by atoms with van der Waals surface area (Å²) in [6, 6.07) is 0.142. The van der Waals surface area contributed by atoms with E-state index in [2.05, 4.69) is 14.8 Å². The molecule has 5 heteroatoms. The number of hydrogen-bond acceptors (Lipinski definition) is 4. The van der Waals surface area contributed by atoms with Gasteiger partial charge in [-0.25, -0.2) is 9.97 Å². The third kappa shape index (κ3) is 3.46. The van der Waals surface area contributed by atoms with Gasteiger partial charge in [-0.15, -0.1) is 0 Å². The molecule has 1 aromatic rings. The van der Waals surface area contributed by atoms with E-state index in [-0.39, 0.29) is 6.04 Å². The maximum Gasteiger partial charge on any atom is 0.223 e. The second-order valence-electron chi connectivity index (χ2n) is 6.96. The molecule has 2 heterocycles. The quantitative estimate of drug-likeness (QED) is 0.837. The standard InChI is InChI=1S/C17H26N4O/c1-12-18-10-14(11-20(2)3)17(19-12)15-5-4-8-21(15)16(22)9-13-6-7-13/h10,13,15H,4-9,11H2,1-3H3/t15-/m1/s1. The molecule has 1 aliphatic heterocycles. The van der Waals surface area contributed by atoms with Crippen LogP contribution < -0.4 is 0 Å². The van der Waals surface area contributed by atoms with Gasteiger partial charge in [0.1, 0.15) is 5.82 Å². The minimum atomic E-state index is 0.142. The highest BCUT2D eigenvalue weighted by Crippen LogP contribution is 2.37. The van der Waals surface area contributed by atoms with Gasteiger partial charge in [-0.3, -0.25) is 4.79 Å². The molecule has 1 saturated heterocycles. The Balaban J connectivity index is 1.84. The van der Waals surface area contributed by atoms with Gasteiger partial charge in [-0.05, 0) is 52.6 Å². The van der Waals surface area contributed by atoms with Gasteiger partial charge in [0.05, 0.1) is 11.7 Å². The minimum Gasteiger partial charge on any atom is -0.334 e. The lowest BCUT2D eigenvalue weighted by Crippen LogP contribution is -2.32. The molecule has 2 aliphatic rings. The first-order valence-corrected chi connectivity index (χ1v) is 8.31. The highest BCUT2D eigenvalue weighted by molar-refractivity contribution is 5.77. The Kier molecular flexibility index (Phi) is 4.43. The van der Waals surface area contributed by atoms with Crippen LogP contribution in [0.1, 0.15) is 55.2 Å². The molecule has 22 heavy (non-hydrogen) atoms. The van der Waals surface area contributed by atoms with Crippen molar-refractivity contribution in [2.45, 2.75) is 51.6 Å². The van der Waals surface area contributed by atoms with Crippen LogP contribution in [-0.4, -0.2) is 46.3 Å². The summed E-state index contributed by atoms with van der Waals surface area (Å²) in [5.41, 5.74) is 2.20. The van der Waals surface area contributed by atoms with E-state index in [1.165, 1.54) is 12.8 Å². The van der Waals surface area contributed by atoms with Crippen LogP contribution in [0, 0.1) is 12.8 Å². The van der Waals surface area contributed by atoms with Crippen LogP contribution >= 0.6 is 0 Å². The highest BCUT2D eigenvalue weighted by Gasteiger charge is 2.35. The smallest absolute Gasteiger partial charge is 0.223 e. The van der Waals surface area contributed by atoms with Gasteiger partial charge in [-0.2, -0.15) is 0 Å². The normalized spacial score (nSPS) is 21.6. The van der Waals surface area contributed by atoms with Gasteiger partial charge < -0.3 is 9.80 Å². The molecule has 0 aromatic carbocycles. The Morgan fingerprint density at radius 3 is 2.82 bits per heavy atom. The summed E-state index contributed by atoms with van der Waals surface area (Å²) in [6.45, 7) is 3.62. The molecule has 1 amide bonds. The maximum atomic E-state index is 12.6. The SMILES string of the molecule is Cc1ncc(CN(C)C)c([C@H]2CCCN2C(=O)CC2CC2)n1. The average molecular weight is 302 g/mol. The van der Waals surface area contributed by atoms with E-state index in [1.54, 1.807) is 0 Å². The Hall–Kier alpha value is -1.49. The monoisotopic (exact) mass is 302 g/mol. The molecule has 0 spiro atoms. The van der Waals surface area contributed by atoms with Gasteiger partial charge in [0.15, 0.2) is 0 Å². The van der Waals surface area contributed by atoms with E-state index in [1.807, 2.05) is 27.2 Å². The zero-order valence-corrected chi connectivity index (χ0v) is 13.9. The van der Waals surface area contributed by atoms with Crippen molar-refractivity contribution >= 4 is 5.91 Å². The summed E-state index contributed by atoms with van der Waals surface area (Å²) in [6.07, 6.45) is 7.20. The number of carbonyl (C=O) groups is 1. The third-order valence-electron chi connectivity index (χ3n) is 4.55. The maximum absolute atomic E-state index is 12.6. The van der Waals surface area contributed by atoms with E-state index >= 15 is 0 Å². The zero-order valence-electron chi connectivity index (χ0n) is 13.9. The first-order valence-electron chi connectivity index (χ1n) is 8.31. The highest BCUT2D eigenvalue weighted by atomic mass is 16.2. The number of nitrogens with zero attached hydrogens (tertiary/aromatic N) is 4. The Bertz CT molecular complexity index is 554. The van der Waals surface area contributed by atoms with Crippen LogP contribution in [0.15, 0.2) is 6.20 Å². The van der Waals surface area contributed by atoms with Crippen molar-refractivity contribution in [3.05, 3.63) is 23.3 Å². The second-order valence-corrected chi connectivity index (χ2v) is 6.96. The lowest BCUT2D eigenvalue weighted by atomic mass is 10.0. The first kappa shape index (κ1) is 15.4. The van der Waals surface area contributed by atoms with Gasteiger partial charge in [0, 0.05) is 31.3 Å². The molecule has 1 atom stereocenters. The molecule has 5 nitrogen and oxygen atoms in total. The van der Waals surface area contributed by atoms with Crippen molar-refractivity contribution in [2.24, 2.45) is 5.92 Å². The zero-order chi connectivity index (χ0) is 15.7. The van der Waals surface area contributed by atoms with Gasteiger partial charge >= 0.3 is 0 Å². The van der Waals surface area contributed by atoms with Crippen LogP contribution in [0.25, 0.3) is 0 Å². The van der Waals surface area contributed by atoms with Gasteiger partial charge in [0.2, 0.25) is 5.91 Å². The third-order valence-corrected chi connectivity index (χ3v) is 4.55. The van der Waals surface area contributed by atoms with Crippen LogP contribution in [-0.2, 0) is 11.3 Å². The molecule has 1 saturated carbocycles. The fraction of sp³-hybridized carbons (Fsp3) is 0.706. The van der Waals surface area contributed by atoms with E-state index in [9.17, 15) is 4.79 Å². The van der Waals surface area contributed by atoms with Crippen molar-refractivity contribution in [3.8, 4) is 0 Å². The van der Waals surface area contributed by atoms with E-state index in [0.717, 1.165) is 49.4 Å². The van der Waals surface area contributed by atoms with Crippen LogP contribution in [0.2, 0.25) is 0 Å². The first-order chi connectivity index (χ1) is 10.5. The molecular formula is C17H26N4O. The Morgan fingerprint density at radius 1 is 1.36 bits per heavy atom. The van der Waals surface area contributed by atoms with Gasteiger partial charge in [0.25, 0.3) is 0 Å². The summed E-state index contributed by atoms with van der Waals surface area (Å²) < 4.78 is 0. The largest absolute Gasteiger partial charge is 0.334 e. The molecule has 0 bridgehead atoms.